The number of hydrogen-bond acceptors (Lipinski definition) is 4. The molecule has 0 fully saturated rings. The van der Waals surface area contributed by atoms with Crippen LogP contribution in [0.5, 0.6) is 0 Å². The summed E-state index contributed by atoms with van der Waals surface area (Å²) in [6.45, 7) is 3.69. The Kier molecular flexibility index (Phi) is 3.69. The van der Waals surface area contributed by atoms with E-state index >= 15 is 0 Å². The Bertz CT molecular complexity index is 1050. The predicted molar refractivity (Wildman–Crippen MR) is 96.4 cm³/mol. The van der Waals surface area contributed by atoms with Crippen molar-refractivity contribution in [2.45, 2.75) is 19.9 Å². The third-order valence-electron chi connectivity index (χ3n) is 4.19. The molecule has 2 aromatic carbocycles. The molecule has 0 saturated carbocycles. The molecule has 1 N–H and O–H groups in total. The SMILES string of the molecule is Cc1nc2ccccc2cc1C(=O)NC(C)c1nc2ccccc2o1. The molecule has 0 radical (unpaired) electrons. The van der Waals surface area contributed by atoms with Crippen LogP contribution in [0.3, 0.4) is 0 Å². The molecule has 25 heavy (non-hydrogen) atoms. The van der Waals surface area contributed by atoms with E-state index in [-0.39, 0.29) is 11.9 Å². The van der Waals surface area contributed by atoms with E-state index in [9.17, 15) is 4.79 Å². The Morgan fingerprint density at radius 2 is 1.76 bits per heavy atom. The summed E-state index contributed by atoms with van der Waals surface area (Å²) < 4.78 is 5.73. The summed E-state index contributed by atoms with van der Waals surface area (Å²) in [5.41, 5.74) is 3.62. The minimum absolute atomic E-state index is 0.189. The molecular formula is C20H17N3O2. The van der Waals surface area contributed by atoms with Crippen LogP contribution < -0.4 is 5.32 Å². The number of benzene rings is 2. The maximum absolute atomic E-state index is 12.7. The van der Waals surface area contributed by atoms with E-state index in [2.05, 4.69) is 15.3 Å². The van der Waals surface area contributed by atoms with Crippen LogP contribution in [-0.2, 0) is 0 Å². The zero-order valence-electron chi connectivity index (χ0n) is 14.0. The van der Waals surface area contributed by atoms with Gasteiger partial charge in [0.05, 0.1) is 16.8 Å². The Labute approximate surface area is 144 Å². The van der Waals surface area contributed by atoms with Crippen molar-refractivity contribution >= 4 is 27.9 Å². The van der Waals surface area contributed by atoms with E-state index in [0.717, 1.165) is 16.4 Å². The Morgan fingerprint density at radius 3 is 2.56 bits per heavy atom. The summed E-state index contributed by atoms with van der Waals surface area (Å²) >= 11 is 0. The van der Waals surface area contributed by atoms with Crippen LogP contribution in [-0.4, -0.2) is 15.9 Å². The third kappa shape index (κ3) is 2.85. The number of carbonyl (C=O) groups excluding carboxylic acids is 1. The molecule has 5 heteroatoms. The molecule has 0 spiro atoms. The van der Waals surface area contributed by atoms with Gasteiger partial charge in [-0.15, -0.1) is 0 Å². The molecule has 0 saturated heterocycles. The summed E-state index contributed by atoms with van der Waals surface area (Å²) in [7, 11) is 0. The molecule has 0 aliphatic rings. The fourth-order valence-electron chi connectivity index (χ4n) is 2.85. The van der Waals surface area contributed by atoms with Crippen LogP contribution in [0.15, 0.2) is 59.0 Å². The lowest BCUT2D eigenvalue weighted by Gasteiger charge is -2.12. The van der Waals surface area contributed by atoms with Gasteiger partial charge >= 0.3 is 0 Å². The molecular weight excluding hydrogens is 314 g/mol. The van der Waals surface area contributed by atoms with Gasteiger partial charge in [-0.25, -0.2) is 4.98 Å². The largest absolute Gasteiger partial charge is 0.438 e. The van der Waals surface area contributed by atoms with Crippen LogP contribution in [0.25, 0.3) is 22.0 Å². The van der Waals surface area contributed by atoms with Crippen LogP contribution in [0, 0.1) is 6.92 Å². The number of aromatic nitrogens is 2. The molecule has 2 aromatic heterocycles. The molecule has 1 atom stereocenters. The van der Waals surface area contributed by atoms with Crippen molar-refractivity contribution in [3.05, 3.63) is 71.7 Å². The zero-order valence-corrected chi connectivity index (χ0v) is 14.0. The second-order valence-electron chi connectivity index (χ2n) is 6.03. The first-order valence-electron chi connectivity index (χ1n) is 8.14. The summed E-state index contributed by atoms with van der Waals surface area (Å²) in [4.78, 5) is 21.6. The molecule has 1 amide bonds. The highest BCUT2D eigenvalue weighted by Crippen LogP contribution is 2.21. The van der Waals surface area contributed by atoms with Crippen molar-refractivity contribution in [1.29, 1.82) is 0 Å². The van der Waals surface area contributed by atoms with E-state index in [4.69, 9.17) is 4.42 Å². The molecule has 0 aliphatic carbocycles. The van der Waals surface area contributed by atoms with Gasteiger partial charge in [0.2, 0.25) is 5.89 Å². The minimum Gasteiger partial charge on any atom is -0.438 e. The molecule has 1 unspecified atom stereocenters. The topological polar surface area (TPSA) is 68.0 Å². The van der Waals surface area contributed by atoms with Gasteiger partial charge in [-0.3, -0.25) is 9.78 Å². The first kappa shape index (κ1) is 15.3. The van der Waals surface area contributed by atoms with Gasteiger partial charge in [0.15, 0.2) is 5.58 Å². The molecule has 4 aromatic rings. The number of amides is 1. The highest BCUT2D eigenvalue weighted by atomic mass is 16.3. The Hall–Kier alpha value is -3.21. The summed E-state index contributed by atoms with van der Waals surface area (Å²) in [6.07, 6.45) is 0. The van der Waals surface area contributed by atoms with Crippen molar-refractivity contribution in [3.8, 4) is 0 Å². The average Bonchev–Trinajstić information content (AvgIpc) is 3.05. The monoisotopic (exact) mass is 331 g/mol. The number of fused-ring (bicyclic) bond motifs is 2. The first-order chi connectivity index (χ1) is 12.1. The van der Waals surface area contributed by atoms with Crippen molar-refractivity contribution in [2.24, 2.45) is 0 Å². The highest BCUT2D eigenvalue weighted by Gasteiger charge is 2.18. The first-order valence-corrected chi connectivity index (χ1v) is 8.14. The van der Waals surface area contributed by atoms with Gasteiger partial charge in [0.25, 0.3) is 5.91 Å². The maximum atomic E-state index is 12.7. The highest BCUT2D eigenvalue weighted by molar-refractivity contribution is 5.98. The van der Waals surface area contributed by atoms with Gasteiger partial charge in [-0.1, -0.05) is 30.3 Å². The second kappa shape index (κ2) is 6.02. The van der Waals surface area contributed by atoms with Gasteiger partial charge in [-0.05, 0) is 38.1 Å². The minimum atomic E-state index is -0.342. The number of nitrogens with zero attached hydrogens (tertiary/aromatic N) is 2. The summed E-state index contributed by atoms with van der Waals surface area (Å²) in [6, 6.07) is 16.8. The normalized spacial score (nSPS) is 12.4. The number of nitrogens with one attached hydrogen (secondary N) is 1. The number of oxazole rings is 1. The van der Waals surface area contributed by atoms with E-state index in [0.29, 0.717) is 22.7 Å². The number of carbonyl (C=O) groups is 1. The van der Waals surface area contributed by atoms with Crippen molar-refractivity contribution in [2.75, 3.05) is 0 Å². The second-order valence-corrected chi connectivity index (χ2v) is 6.03. The smallest absolute Gasteiger partial charge is 0.253 e. The number of hydrogen-bond donors (Lipinski definition) is 1. The van der Waals surface area contributed by atoms with Crippen LogP contribution in [0.4, 0.5) is 0 Å². The number of pyridine rings is 1. The molecule has 124 valence electrons. The summed E-state index contributed by atoms with van der Waals surface area (Å²) in [5, 5.41) is 3.88. The van der Waals surface area contributed by atoms with Gasteiger partial charge in [0.1, 0.15) is 11.6 Å². The van der Waals surface area contributed by atoms with Gasteiger partial charge < -0.3 is 9.73 Å². The number of rotatable bonds is 3. The van der Waals surface area contributed by atoms with E-state index in [1.54, 1.807) is 0 Å². The lowest BCUT2D eigenvalue weighted by molar-refractivity contribution is 0.0933. The quantitative estimate of drug-likeness (QED) is 0.611. The lowest BCUT2D eigenvalue weighted by atomic mass is 10.1. The zero-order chi connectivity index (χ0) is 17.4. The van der Waals surface area contributed by atoms with E-state index < -0.39 is 0 Å². The fraction of sp³-hybridized carbons (Fsp3) is 0.150. The van der Waals surface area contributed by atoms with Crippen LogP contribution in [0.2, 0.25) is 0 Å². The van der Waals surface area contributed by atoms with Crippen molar-refractivity contribution in [1.82, 2.24) is 15.3 Å². The predicted octanol–water partition coefficient (Wildman–Crippen LogP) is 4.18. The fourth-order valence-corrected chi connectivity index (χ4v) is 2.85. The van der Waals surface area contributed by atoms with Gasteiger partial charge in [0, 0.05) is 5.39 Å². The number of para-hydroxylation sites is 3. The number of aryl methyl sites for hydroxylation is 1. The van der Waals surface area contributed by atoms with Crippen LogP contribution in [0.1, 0.15) is 34.9 Å². The van der Waals surface area contributed by atoms with Crippen LogP contribution >= 0.6 is 0 Å². The molecule has 0 bridgehead atoms. The van der Waals surface area contributed by atoms with Gasteiger partial charge in [-0.2, -0.15) is 0 Å². The Morgan fingerprint density at radius 1 is 1.04 bits per heavy atom. The van der Waals surface area contributed by atoms with Crippen molar-refractivity contribution in [3.63, 3.8) is 0 Å². The van der Waals surface area contributed by atoms with E-state index in [1.165, 1.54) is 0 Å². The van der Waals surface area contributed by atoms with Crippen molar-refractivity contribution < 1.29 is 9.21 Å². The van der Waals surface area contributed by atoms with E-state index in [1.807, 2.05) is 68.4 Å². The summed E-state index contributed by atoms with van der Waals surface area (Å²) in [5.74, 6) is 0.298. The Balaban J connectivity index is 1.61. The average molecular weight is 331 g/mol. The standard InChI is InChI=1S/C20H17N3O2/c1-12-15(11-14-7-3-4-8-16(14)21-12)19(24)22-13(2)20-23-17-9-5-6-10-18(17)25-20/h3-11,13H,1-2H3,(H,22,24). The lowest BCUT2D eigenvalue weighted by Crippen LogP contribution is -2.27. The molecule has 2 heterocycles. The molecule has 5 nitrogen and oxygen atoms in total. The molecule has 0 aliphatic heterocycles. The third-order valence-corrected chi connectivity index (χ3v) is 4.19. The maximum Gasteiger partial charge on any atom is 0.253 e. The molecule has 4 rings (SSSR count).